The topological polar surface area (TPSA) is 52.0 Å². The van der Waals surface area contributed by atoms with Gasteiger partial charge in [0.25, 0.3) is 0 Å². The van der Waals surface area contributed by atoms with Gasteiger partial charge in [0.05, 0.1) is 8.45 Å². The molecule has 0 saturated heterocycles. The average molecular weight is 386 g/mol. The van der Waals surface area contributed by atoms with E-state index in [1.54, 1.807) is 23.5 Å². The van der Waals surface area contributed by atoms with E-state index >= 15 is 0 Å². The van der Waals surface area contributed by atoms with E-state index in [1.807, 2.05) is 11.4 Å². The number of nitrogens with two attached hydrogens (primary N) is 1. The molecule has 0 amide bonds. The summed E-state index contributed by atoms with van der Waals surface area (Å²) in [4.78, 5) is 0. The van der Waals surface area contributed by atoms with Crippen LogP contribution in [-0.4, -0.2) is 5.16 Å². The summed E-state index contributed by atoms with van der Waals surface area (Å²) < 4.78 is 19.4. The Morgan fingerprint density at radius 1 is 1.21 bits per heavy atom. The third kappa shape index (κ3) is 2.37. The van der Waals surface area contributed by atoms with Crippen LogP contribution in [0, 0.1) is 8.70 Å². The van der Waals surface area contributed by atoms with Crippen molar-refractivity contribution in [1.29, 1.82) is 0 Å². The van der Waals surface area contributed by atoms with Crippen molar-refractivity contribution in [3.63, 3.8) is 0 Å². The molecule has 0 saturated carbocycles. The van der Waals surface area contributed by atoms with Gasteiger partial charge in [0.15, 0.2) is 11.6 Å². The summed E-state index contributed by atoms with van der Waals surface area (Å²) in [6.07, 6.45) is 0. The van der Waals surface area contributed by atoms with Crippen LogP contribution in [0.4, 0.5) is 10.2 Å². The van der Waals surface area contributed by atoms with Crippen LogP contribution in [0.15, 0.2) is 40.2 Å². The lowest BCUT2D eigenvalue weighted by Crippen LogP contribution is -1.88. The standard InChI is InChI=1S/C13H8FIN2OS/c14-9-3-1-7(2-4-9)11-12(18-17-13(11)16)8-5-10(15)19-6-8/h1-6H,(H2,16,17). The number of benzene rings is 1. The third-order valence-corrected chi connectivity index (χ3v) is 4.47. The number of thiophene rings is 1. The second-order valence-corrected chi connectivity index (χ2v) is 6.72. The van der Waals surface area contributed by atoms with Gasteiger partial charge in [0.1, 0.15) is 5.82 Å². The fourth-order valence-electron chi connectivity index (χ4n) is 1.82. The number of nitrogen functional groups attached to an aromatic ring is 1. The molecule has 19 heavy (non-hydrogen) atoms. The van der Waals surface area contributed by atoms with Crippen LogP contribution >= 0.6 is 33.9 Å². The number of hydrogen-bond donors (Lipinski definition) is 1. The Morgan fingerprint density at radius 2 is 1.95 bits per heavy atom. The summed E-state index contributed by atoms with van der Waals surface area (Å²) in [6.45, 7) is 0. The van der Waals surface area contributed by atoms with Crippen LogP contribution in [-0.2, 0) is 0 Å². The highest BCUT2D eigenvalue weighted by atomic mass is 127. The lowest BCUT2D eigenvalue weighted by molar-refractivity contribution is 0.436. The maximum absolute atomic E-state index is 13.0. The molecular formula is C13H8FIN2OS. The Balaban J connectivity index is 2.16. The average Bonchev–Trinajstić information content (AvgIpc) is 2.97. The van der Waals surface area contributed by atoms with Gasteiger partial charge in [-0.15, -0.1) is 11.3 Å². The van der Waals surface area contributed by atoms with E-state index < -0.39 is 0 Å². The fraction of sp³-hybridized carbons (Fsp3) is 0. The van der Waals surface area contributed by atoms with Gasteiger partial charge in [-0.2, -0.15) is 0 Å². The van der Waals surface area contributed by atoms with Gasteiger partial charge >= 0.3 is 0 Å². The van der Waals surface area contributed by atoms with E-state index in [9.17, 15) is 4.39 Å². The Kier molecular flexibility index (Phi) is 3.28. The van der Waals surface area contributed by atoms with Crippen molar-refractivity contribution < 1.29 is 8.91 Å². The zero-order chi connectivity index (χ0) is 13.4. The molecule has 0 aliphatic heterocycles. The van der Waals surface area contributed by atoms with Crippen LogP contribution in [0.2, 0.25) is 0 Å². The molecule has 0 fully saturated rings. The molecule has 3 rings (SSSR count). The van der Waals surface area contributed by atoms with Crippen molar-refractivity contribution in [2.45, 2.75) is 0 Å². The summed E-state index contributed by atoms with van der Waals surface area (Å²) in [7, 11) is 0. The van der Waals surface area contributed by atoms with Gasteiger partial charge in [-0.25, -0.2) is 4.39 Å². The molecule has 2 aromatic heterocycles. The molecule has 1 aromatic carbocycles. The van der Waals surface area contributed by atoms with Crippen LogP contribution in [0.25, 0.3) is 22.5 Å². The summed E-state index contributed by atoms with van der Waals surface area (Å²) in [5.74, 6) is 0.636. The molecule has 0 bridgehead atoms. The number of anilines is 1. The fourth-order valence-corrected chi connectivity index (χ4v) is 3.15. The highest BCUT2D eigenvalue weighted by molar-refractivity contribution is 14.1. The van der Waals surface area contributed by atoms with Crippen molar-refractivity contribution in [2.24, 2.45) is 0 Å². The lowest BCUT2D eigenvalue weighted by Gasteiger charge is -2.01. The van der Waals surface area contributed by atoms with Crippen LogP contribution < -0.4 is 5.73 Å². The zero-order valence-electron chi connectivity index (χ0n) is 9.56. The van der Waals surface area contributed by atoms with Crippen molar-refractivity contribution in [2.75, 3.05) is 5.73 Å². The molecular weight excluding hydrogens is 378 g/mol. The molecule has 6 heteroatoms. The minimum Gasteiger partial charge on any atom is -0.380 e. The molecule has 0 aliphatic rings. The van der Waals surface area contributed by atoms with Crippen molar-refractivity contribution in [1.82, 2.24) is 5.16 Å². The number of halogens is 2. The molecule has 3 aromatic rings. The van der Waals surface area contributed by atoms with Gasteiger partial charge in [-0.1, -0.05) is 17.3 Å². The predicted molar refractivity (Wildman–Crippen MR) is 82.3 cm³/mol. The first kappa shape index (κ1) is 12.6. The van der Waals surface area contributed by atoms with Crippen LogP contribution in [0.5, 0.6) is 0 Å². The molecule has 0 spiro atoms. The quantitative estimate of drug-likeness (QED) is 0.665. The van der Waals surface area contributed by atoms with Gasteiger partial charge in [-0.3, -0.25) is 0 Å². The summed E-state index contributed by atoms with van der Waals surface area (Å²) >= 11 is 3.85. The summed E-state index contributed by atoms with van der Waals surface area (Å²) in [5, 5.41) is 5.79. The van der Waals surface area contributed by atoms with E-state index in [0.29, 0.717) is 17.1 Å². The maximum atomic E-state index is 13.0. The molecule has 0 atom stereocenters. The van der Waals surface area contributed by atoms with Gasteiger partial charge in [0, 0.05) is 10.9 Å². The smallest absolute Gasteiger partial charge is 0.177 e. The van der Waals surface area contributed by atoms with Gasteiger partial charge in [-0.05, 0) is 46.4 Å². The van der Waals surface area contributed by atoms with Gasteiger partial charge < -0.3 is 10.3 Å². The van der Waals surface area contributed by atoms with Crippen LogP contribution in [0.1, 0.15) is 0 Å². The number of aromatic nitrogens is 1. The second-order valence-electron chi connectivity index (χ2n) is 3.92. The first-order valence-corrected chi connectivity index (χ1v) is 7.36. The molecule has 0 radical (unpaired) electrons. The van der Waals surface area contributed by atoms with Crippen molar-refractivity contribution in [3.05, 3.63) is 44.4 Å². The third-order valence-electron chi connectivity index (χ3n) is 2.68. The highest BCUT2D eigenvalue weighted by Gasteiger charge is 2.18. The maximum Gasteiger partial charge on any atom is 0.177 e. The van der Waals surface area contributed by atoms with Gasteiger partial charge in [0.2, 0.25) is 0 Å². The highest BCUT2D eigenvalue weighted by Crippen LogP contribution is 2.38. The van der Waals surface area contributed by atoms with Crippen LogP contribution in [0.3, 0.4) is 0 Å². The minimum absolute atomic E-state index is 0.287. The monoisotopic (exact) mass is 386 g/mol. The minimum atomic E-state index is -0.287. The first-order valence-electron chi connectivity index (χ1n) is 5.40. The molecule has 3 nitrogen and oxygen atoms in total. The summed E-state index contributed by atoms with van der Waals surface area (Å²) in [5.41, 5.74) is 8.28. The number of rotatable bonds is 2. The zero-order valence-corrected chi connectivity index (χ0v) is 12.5. The number of hydrogen-bond acceptors (Lipinski definition) is 4. The van der Waals surface area contributed by atoms with Crippen molar-refractivity contribution >= 4 is 39.7 Å². The van der Waals surface area contributed by atoms with E-state index in [4.69, 9.17) is 10.3 Å². The Morgan fingerprint density at radius 3 is 2.58 bits per heavy atom. The lowest BCUT2D eigenvalue weighted by atomic mass is 10.0. The van der Waals surface area contributed by atoms with E-state index in [1.165, 1.54) is 12.1 Å². The van der Waals surface area contributed by atoms with E-state index in [2.05, 4.69) is 27.7 Å². The van der Waals surface area contributed by atoms with Crippen molar-refractivity contribution in [3.8, 4) is 22.5 Å². The summed E-state index contributed by atoms with van der Waals surface area (Å²) in [6, 6.07) is 8.11. The second kappa shape index (κ2) is 4.93. The molecule has 2 N–H and O–H groups in total. The Bertz CT molecular complexity index is 721. The Labute approximate surface area is 126 Å². The normalized spacial score (nSPS) is 10.8. The number of nitrogens with zero attached hydrogens (tertiary/aromatic N) is 1. The predicted octanol–water partition coefficient (Wildman–Crippen LogP) is 4.40. The molecule has 96 valence electrons. The molecule has 0 aliphatic carbocycles. The largest absolute Gasteiger partial charge is 0.380 e. The molecule has 0 unspecified atom stereocenters. The molecule has 2 heterocycles. The first-order chi connectivity index (χ1) is 9.15. The van der Waals surface area contributed by atoms with E-state index in [0.717, 1.165) is 14.0 Å². The van der Waals surface area contributed by atoms with E-state index in [-0.39, 0.29) is 5.82 Å². The Hall–Kier alpha value is -1.41. The SMILES string of the molecule is Nc1noc(-c2csc(I)c2)c1-c1ccc(F)cc1.